The van der Waals surface area contributed by atoms with Gasteiger partial charge in [-0.3, -0.25) is 0 Å². The number of nitrogens with two attached hydrogens (primary N) is 2. The molecule has 1 aromatic rings. The van der Waals surface area contributed by atoms with Crippen LogP contribution in [0.1, 0.15) is 0 Å². The van der Waals surface area contributed by atoms with Crippen molar-refractivity contribution in [3.63, 3.8) is 0 Å². The van der Waals surface area contributed by atoms with Crippen LogP contribution in [0.2, 0.25) is 0 Å². The summed E-state index contributed by atoms with van der Waals surface area (Å²) in [4.78, 5) is 0. The van der Waals surface area contributed by atoms with Crippen molar-refractivity contribution in [1.82, 2.24) is 0 Å². The molecule has 0 aliphatic carbocycles. The Balaban J connectivity index is 3.54. The van der Waals surface area contributed by atoms with Gasteiger partial charge in [-0.1, -0.05) is 30.8 Å². The zero-order valence-corrected chi connectivity index (χ0v) is 9.48. The second kappa shape index (κ2) is 5.60. The maximum Gasteiger partial charge on any atom is 0.175 e. The lowest BCUT2D eigenvalue weighted by atomic mass is 10.1. The summed E-state index contributed by atoms with van der Waals surface area (Å²) in [7, 11) is 0. The predicted octanol–water partition coefficient (Wildman–Crippen LogP) is -0.773. The van der Waals surface area contributed by atoms with E-state index in [0.29, 0.717) is 5.57 Å². The summed E-state index contributed by atoms with van der Waals surface area (Å²) in [6, 6.07) is 7.22. The van der Waals surface area contributed by atoms with Crippen LogP contribution in [-0.2, 0) is 11.1 Å². The fraction of sp³-hybridized carbons (Fsp3) is 0.0909. The minimum absolute atomic E-state index is 0.494. The molecule has 86 valence electrons. The van der Waals surface area contributed by atoms with Gasteiger partial charge in [-0.05, 0) is 28.3 Å². The van der Waals surface area contributed by atoms with Gasteiger partial charge in [0, 0.05) is 0 Å². The van der Waals surface area contributed by atoms with Gasteiger partial charge in [0.05, 0.1) is 0 Å². The van der Waals surface area contributed by atoms with Gasteiger partial charge in [-0.25, -0.2) is 4.21 Å². The first-order chi connectivity index (χ1) is 7.57. The maximum absolute atomic E-state index is 11.0. The predicted molar refractivity (Wildman–Crippen MR) is 66.7 cm³/mol. The normalized spacial score (nSPS) is 17.1. The first-order valence-electron chi connectivity index (χ1n) is 4.59. The molecule has 0 heterocycles. The molecular weight excluding hydrogens is 224 g/mol. The van der Waals surface area contributed by atoms with Gasteiger partial charge in [0.1, 0.15) is 5.37 Å². The second-order valence-electron chi connectivity index (χ2n) is 3.17. The van der Waals surface area contributed by atoms with Gasteiger partial charge in [0.2, 0.25) is 0 Å². The third-order valence-electron chi connectivity index (χ3n) is 2.13. The maximum atomic E-state index is 11.0. The van der Waals surface area contributed by atoms with Crippen molar-refractivity contribution in [2.45, 2.75) is 5.37 Å². The summed E-state index contributed by atoms with van der Waals surface area (Å²) in [5.74, 6) is 0. The second-order valence-corrected chi connectivity index (χ2v) is 4.23. The summed E-state index contributed by atoms with van der Waals surface area (Å²) >= 11 is -2.14. The highest BCUT2D eigenvalue weighted by Gasteiger charge is 2.13. The van der Waals surface area contributed by atoms with E-state index < -0.39 is 16.5 Å². The first-order valence-corrected chi connectivity index (χ1v) is 5.76. The summed E-state index contributed by atoms with van der Waals surface area (Å²) in [5, 5.41) is 0.457. The summed E-state index contributed by atoms with van der Waals surface area (Å²) in [5.41, 5.74) is 11.4. The van der Waals surface area contributed by atoms with E-state index in [4.69, 9.17) is 16.0 Å². The van der Waals surface area contributed by atoms with Crippen LogP contribution in [0.4, 0.5) is 0 Å². The third kappa shape index (κ3) is 2.79. The lowest BCUT2D eigenvalue weighted by molar-refractivity contribution is 0.558. The molecule has 0 aromatic heterocycles. The lowest BCUT2D eigenvalue weighted by Gasteiger charge is -2.08. The Morgan fingerprint density at radius 1 is 1.50 bits per heavy atom. The highest BCUT2D eigenvalue weighted by Crippen LogP contribution is 2.03. The summed E-state index contributed by atoms with van der Waals surface area (Å²) in [6.07, 6.45) is 2.80. The van der Waals surface area contributed by atoms with Crippen molar-refractivity contribution < 1.29 is 8.76 Å². The van der Waals surface area contributed by atoms with Crippen LogP contribution in [0.25, 0.3) is 12.2 Å². The van der Waals surface area contributed by atoms with Gasteiger partial charge in [0.25, 0.3) is 0 Å². The van der Waals surface area contributed by atoms with Gasteiger partial charge >= 0.3 is 0 Å². The van der Waals surface area contributed by atoms with Crippen LogP contribution in [0.5, 0.6) is 0 Å². The number of hydrogen-bond donors (Lipinski definition) is 3. The van der Waals surface area contributed by atoms with Gasteiger partial charge in [-0.15, -0.1) is 0 Å². The Hall–Kier alpha value is -1.43. The highest BCUT2D eigenvalue weighted by atomic mass is 32.2. The van der Waals surface area contributed by atoms with Gasteiger partial charge < -0.3 is 16.0 Å². The number of hydrogen-bond acceptors (Lipinski definition) is 3. The van der Waals surface area contributed by atoms with Crippen LogP contribution in [-0.4, -0.2) is 14.1 Å². The lowest BCUT2D eigenvalue weighted by Crippen LogP contribution is -2.35. The van der Waals surface area contributed by atoms with Crippen LogP contribution in [0.3, 0.4) is 0 Å². The Morgan fingerprint density at radius 3 is 2.62 bits per heavy atom. The Morgan fingerprint density at radius 2 is 2.12 bits per heavy atom. The van der Waals surface area contributed by atoms with Crippen molar-refractivity contribution in [3.8, 4) is 0 Å². The molecule has 0 amide bonds. The molecular formula is C11H14N2O2S. The minimum atomic E-state index is -2.14. The van der Waals surface area contributed by atoms with E-state index >= 15 is 0 Å². The molecule has 0 saturated heterocycles. The SMILES string of the molecule is C=c1cccc/c1=C(/C=C\N)C(N)S(=O)O. The van der Waals surface area contributed by atoms with Crippen molar-refractivity contribution in [1.29, 1.82) is 0 Å². The van der Waals surface area contributed by atoms with Crippen molar-refractivity contribution in [2.24, 2.45) is 11.5 Å². The molecule has 1 rings (SSSR count). The first kappa shape index (κ1) is 12.6. The molecule has 16 heavy (non-hydrogen) atoms. The summed E-state index contributed by atoms with van der Waals surface area (Å²) in [6.45, 7) is 3.83. The van der Waals surface area contributed by atoms with Crippen LogP contribution >= 0.6 is 0 Å². The highest BCUT2D eigenvalue weighted by molar-refractivity contribution is 7.80. The zero-order valence-electron chi connectivity index (χ0n) is 8.67. The molecule has 0 bridgehead atoms. The Kier molecular flexibility index (Phi) is 4.42. The van der Waals surface area contributed by atoms with Crippen molar-refractivity contribution >= 4 is 23.2 Å². The van der Waals surface area contributed by atoms with Crippen molar-refractivity contribution in [3.05, 3.63) is 47.0 Å². The molecule has 0 radical (unpaired) electrons. The molecule has 1 aromatic carbocycles. The van der Waals surface area contributed by atoms with E-state index in [9.17, 15) is 4.21 Å². The van der Waals surface area contributed by atoms with E-state index in [1.54, 1.807) is 18.2 Å². The Labute approximate surface area is 96.2 Å². The fourth-order valence-corrected chi connectivity index (χ4v) is 1.77. The van der Waals surface area contributed by atoms with Crippen LogP contribution in [0.15, 0.2) is 36.5 Å². The van der Waals surface area contributed by atoms with Gasteiger partial charge in [0.15, 0.2) is 11.1 Å². The summed E-state index contributed by atoms with van der Waals surface area (Å²) < 4.78 is 20.0. The smallest absolute Gasteiger partial charge is 0.175 e. The largest absolute Gasteiger partial charge is 0.405 e. The molecule has 5 N–H and O–H groups in total. The van der Waals surface area contributed by atoms with E-state index in [1.165, 1.54) is 12.3 Å². The average molecular weight is 238 g/mol. The third-order valence-corrected chi connectivity index (χ3v) is 2.82. The Bertz CT molecular complexity index is 525. The van der Waals surface area contributed by atoms with E-state index in [0.717, 1.165) is 10.4 Å². The number of rotatable bonds is 3. The van der Waals surface area contributed by atoms with E-state index in [2.05, 4.69) is 6.58 Å². The molecule has 2 atom stereocenters. The quantitative estimate of drug-likeness (QED) is 0.603. The van der Waals surface area contributed by atoms with Crippen molar-refractivity contribution in [2.75, 3.05) is 0 Å². The molecule has 0 saturated carbocycles. The monoisotopic (exact) mass is 238 g/mol. The zero-order chi connectivity index (χ0) is 12.1. The average Bonchev–Trinajstić information content (AvgIpc) is 2.26. The molecule has 0 aliphatic heterocycles. The molecule has 5 heteroatoms. The van der Waals surface area contributed by atoms with E-state index in [1.807, 2.05) is 6.07 Å². The molecule has 2 unspecified atom stereocenters. The molecule has 0 fully saturated rings. The van der Waals surface area contributed by atoms with Gasteiger partial charge in [-0.2, -0.15) is 0 Å². The topological polar surface area (TPSA) is 89.3 Å². The molecule has 0 aliphatic rings. The standard InChI is InChI=1S/C11H14N2O2S/c1-8-4-2-3-5-9(8)10(6-7-12)11(13)16(14)15/h2-7,11H,1,12-13H2,(H,14,15)/b7-6-,10-9+. The minimum Gasteiger partial charge on any atom is -0.405 e. The number of benzene rings is 1. The van der Waals surface area contributed by atoms with E-state index in [-0.39, 0.29) is 0 Å². The van der Waals surface area contributed by atoms with Crippen LogP contribution < -0.4 is 21.9 Å². The molecule has 0 spiro atoms. The fourth-order valence-electron chi connectivity index (χ4n) is 1.35. The molecule has 4 nitrogen and oxygen atoms in total. The van der Waals surface area contributed by atoms with Crippen LogP contribution in [0, 0.1) is 0 Å².